The smallest absolute Gasteiger partial charge is 0.134 e. The number of hydrogen-bond acceptors (Lipinski definition) is 3. The molecule has 1 aromatic heterocycles. The third-order valence-electron chi connectivity index (χ3n) is 4.24. The molecular formula is C20H17ClN2O. The average molecular weight is 337 g/mol. The zero-order valence-electron chi connectivity index (χ0n) is 13.3. The Hall–Kier alpha value is -2.52. The first-order valence-electron chi connectivity index (χ1n) is 7.94. The van der Waals surface area contributed by atoms with Crippen LogP contribution < -0.4 is 5.43 Å². The molecule has 3 nitrogen and oxygen atoms in total. The highest BCUT2D eigenvalue weighted by atomic mass is 35.5. The van der Waals surface area contributed by atoms with Crippen LogP contribution in [0.25, 0.3) is 11.3 Å². The fourth-order valence-corrected chi connectivity index (χ4v) is 2.97. The number of nitrogens with one attached hydrogen (secondary N) is 1. The second-order valence-corrected chi connectivity index (χ2v) is 6.46. The Labute approximate surface area is 146 Å². The normalized spacial score (nSPS) is 16.8. The van der Waals surface area contributed by atoms with Crippen molar-refractivity contribution in [3.8, 4) is 11.3 Å². The van der Waals surface area contributed by atoms with Gasteiger partial charge in [-0.3, -0.25) is 5.43 Å². The molecule has 1 aliphatic rings. The van der Waals surface area contributed by atoms with E-state index in [2.05, 4.69) is 41.7 Å². The molecule has 0 radical (unpaired) electrons. The lowest BCUT2D eigenvalue weighted by molar-refractivity contribution is 0.448. The molecule has 0 bridgehead atoms. The zero-order chi connectivity index (χ0) is 16.5. The van der Waals surface area contributed by atoms with Crippen LogP contribution in [0, 0.1) is 6.92 Å². The van der Waals surface area contributed by atoms with Crippen LogP contribution in [0.15, 0.2) is 70.2 Å². The molecule has 4 heteroatoms. The van der Waals surface area contributed by atoms with Crippen LogP contribution in [0.3, 0.4) is 0 Å². The Morgan fingerprint density at radius 1 is 0.958 bits per heavy atom. The van der Waals surface area contributed by atoms with Gasteiger partial charge in [0.15, 0.2) is 0 Å². The van der Waals surface area contributed by atoms with Gasteiger partial charge in [-0.1, -0.05) is 41.4 Å². The molecule has 2 aromatic carbocycles. The van der Waals surface area contributed by atoms with Crippen molar-refractivity contribution in [2.75, 3.05) is 0 Å². The van der Waals surface area contributed by atoms with Crippen molar-refractivity contribution in [1.29, 1.82) is 0 Å². The molecule has 4 rings (SSSR count). The lowest BCUT2D eigenvalue weighted by Gasteiger charge is -2.06. The van der Waals surface area contributed by atoms with Gasteiger partial charge in [-0.25, -0.2) is 0 Å². The number of hydrogen-bond donors (Lipinski definition) is 1. The summed E-state index contributed by atoms with van der Waals surface area (Å²) in [5.74, 6) is 1.73. The molecule has 0 amide bonds. The van der Waals surface area contributed by atoms with Gasteiger partial charge < -0.3 is 4.42 Å². The first-order valence-corrected chi connectivity index (χ1v) is 8.31. The lowest BCUT2D eigenvalue weighted by Crippen LogP contribution is -2.08. The summed E-state index contributed by atoms with van der Waals surface area (Å²) in [5, 5.41) is 5.20. The number of benzene rings is 2. The number of hydrazone groups is 1. The van der Waals surface area contributed by atoms with Crippen molar-refractivity contribution >= 4 is 17.3 Å². The molecule has 0 spiro atoms. The van der Waals surface area contributed by atoms with E-state index >= 15 is 0 Å². The van der Waals surface area contributed by atoms with E-state index in [9.17, 15) is 0 Å². The minimum absolute atomic E-state index is 0.0716. The van der Waals surface area contributed by atoms with E-state index in [4.69, 9.17) is 16.0 Å². The molecule has 120 valence electrons. The van der Waals surface area contributed by atoms with Gasteiger partial charge in [0.25, 0.3) is 0 Å². The summed E-state index contributed by atoms with van der Waals surface area (Å²) in [5.41, 5.74) is 7.66. The predicted octanol–water partition coefficient (Wildman–Crippen LogP) is 5.35. The third kappa shape index (κ3) is 2.95. The van der Waals surface area contributed by atoms with Gasteiger partial charge in [-0.05, 0) is 48.9 Å². The van der Waals surface area contributed by atoms with Crippen molar-refractivity contribution in [3.63, 3.8) is 0 Å². The Morgan fingerprint density at radius 3 is 2.42 bits per heavy atom. The van der Waals surface area contributed by atoms with Crippen LogP contribution >= 0.6 is 11.6 Å². The lowest BCUT2D eigenvalue weighted by atomic mass is 10.0. The second kappa shape index (κ2) is 6.17. The van der Waals surface area contributed by atoms with Crippen molar-refractivity contribution in [3.05, 3.63) is 82.6 Å². The number of furan rings is 1. The Morgan fingerprint density at radius 2 is 1.67 bits per heavy atom. The highest BCUT2D eigenvalue weighted by Crippen LogP contribution is 2.30. The molecule has 24 heavy (non-hydrogen) atoms. The number of halogens is 1. The van der Waals surface area contributed by atoms with E-state index in [1.807, 2.05) is 36.4 Å². The van der Waals surface area contributed by atoms with Crippen molar-refractivity contribution in [2.24, 2.45) is 5.10 Å². The molecule has 1 unspecified atom stereocenters. The van der Waals surface area contributed by atoms with Gasteiger partial charge in [0.1, 0.15) is 17.6 Å². The topological polar surface area (TPSA) is 37.5 Å². The van der Waals surface area contributed by atoms with Crippen LogP contribution in [-0.2, 0) is 0 Å². The molecule has 1 N–H and O–H groups in total. The van der Waals surface area contributed by atoms with Gasteiger partial charge in [-0.15, -0.1) is 0 Å². The fourth-order valence-electron chi connectivity index (χ4n) is 2.84. The van der Waals surface area contributed by atoms with E-state index in [0.29, 0.717) is 0 Å². The van der Waals surface area contributed by atoms with Gasteiger partial charge in [-0.2, -0.15) is 5.10 Å². The van der Waals surface area contributed by atoms with E-state index in [1.165, 1.54) is 5.56 Å². The average Bonchev–Trinajstić information content (AvgIpc) is 3.25. The molecule has 0 saturated heterocycles. The summed E-state index contributed by atoms with van der Waals surface area (Å²) in [6.45, 7) is 2.09. The standard InChI is InChI=1S/C20H17ClN2O/c1-13-2-4-14(5-3-13)17-12-18(23-22-17)20-11-10-19(24-20)15-6-8-16(21)9-7-15/h2-11,18,23H,12H2,1H3. The SMILES string of the molecule is Cc1ccc(C2=NNC(c3ccc(-c4ccc(Cl)cc4)o3)C2)cc1. The number of rotatable bonds is 3. The zero-order valence-corrected chi connectivity index (χ0v) is 14.0. The van der Waals surface area contributed by atoms with Crippen LogP contribution in [0.2, 0.25) is 5.02 Å². The maximum Gasteiger partial charge on any atom is 0.134 e. The van der Waals surface area contributed by atoms with Gasteiger partial charge in [0, 0.05) is 17.0 Å². The number of nitrogens with zero attached hydrogens (tertiary/aromatic N) is 1. The van der Waals surface area contributed by atoms with Crippen molar-refractivity contribution in [2.45, 2.75) is 19.4 Å². The van der Waals surface area contributed by atoms with E-state index < -0.39 is 0 Å². The van der Waals surface area contributed by atoms with Crippen LogP contribution in [0.5, 0.6) is 0 Å². The summed E-state index contributed by atoms with van der Waals surface area (Å²) in [7, 11) is 0. The molecule has 3 aromatic rings. The Balaban J connectivity index is 1.50. The molecule has 1 atom stereocenters. The fraction of sp³-hybridized carbons (Fsp3) is 0.150. The summed E-state index contributed by atoms with van der Waals surface area (Å²) in [4.78, 5) is 0. The molecule has 2 heterocycles. The first kappa shape index (κ1) is 15.0. The third-order valence-corrected chi connectivity index (χ3v) is 4.49. The van der Waals surface area contributed by atoms with Crippen molar-refractivity contribution < 1.29 is 4.42 Å². The van der Waals surface area contributed by atoms with Gasteiger partial charge >= 0.3 is 0 Å². The van der Waals surface area contributed by atoms with Gasteiger partial charge in [0.2, 0.25) is 0 Å². The van der Waals surface area contributed by atoms with Crippen molar-refractivity contribution in [1.82, 2.24) is 5.43 Å². The monoisotopic (exact) mass is 336 g/mol. The second-order valence-electron chi connectivity index (χ2n) is 6.02. The van der Waals surface area contributed by atoms with Crippen LogP contribution in [0.1, 0.15) is 29.3 Å². The van der Waals surface area contributed by atoms with Crippen LogP contribution in [-0.4, -0.2) is 5.71 Å². The quantitative estimate of drug-likeness (QED) is 0.700. The molecule has 0 saturated carbocycles. The Bertz CT molecular complexity index is 879. The number of aryl methyl sites for hydroxylation is 1. The summed E-state index contributed by atoms with van der Waals surface area (Å²) < 4.78 is 6.02. The maximum absolute atomic E-state index is 6.02. The van der Waals surface area contributed by atoms with E-state index in [0.717, 1.165) is 39.8 Å². The Kier molecular flexibility index (Phi) is 3.87. The highest BCUT2D eigenvalue weighted by molar-refractivity contribution is 6.30. The summed E-state index contributed by atoms with van der Waals surface area (Å²) in [6, 6.07) is 20.2. The summed E-state index contributed by atoms with van der Waals surface area (Å²) >= 11 is 5.94. The highest BCUT2D eigenvalue weighted by Gasteiger charge is 2.24. The molecule has 0 aliphatic carbocycles. The van der Waals surface area contributed by atoms with Gasteiger partial charge in [0.05, 0.1) is 5.71 Å². The molecular weight excluding hydrogens is 320 g/mol. The molecule has 1 aliphatic heterocycles. The minimum atomic E-state index is 0.0716. The largest absolute Gasteiger partial charge is 0.459 e. The van der Waals surface area contributed by atoms with Crippen LogP contribution in [0.4, 0.5) is 0 Å². The molecule has 0 fully saturated rings. The summed E-state index contributed by atoms with van der Waals surface area (Å²) in [6.07, 6.45) is 0.816. The first-order chi connectivity index (χ1) is 11.7. The van der Waals surface area contributed by atoms with E-state index in [1.54, 1.807) is 0 Å². The van der Waals surface area contributed by atoms with E-state index in [-0.39, 0.29) is 6.04 Å². The predicted molar refractivity (Wildman–Crippen MR) is 97.4 cm³/mol. The minimum Gasteiger partial charge on any atom is -0.459 e. The maximum atomic E-state index is 6.02.